The largest absolute Gasteiger partial charge is 0.370 e. The van der Waals surface area contributed by atoms with Crippen molar-refractivity contribution in [3.63, 3.8) is 0 Å². The van der Waals surface area contributed by atoms with Crippen LogP contribution in [-0.4, -0.2) is 21.3 Å². The first kappa shape index (κ1) is 16.3. The van der Waals surface area contributed by atoms with E-state index < -0.39 is 0 Å². The lowest BCUT2D eigenvalue weighted by Gasteiger charge is -2.17. The first-order valence-electron chi connectivity index (χ1n) is 7.19. The van der Waals surface area contributed by atoms with Crippen molar-refractivity contribution in [1.82, 2.24) is 9.97 Å². The second-order valence-corrected chi connectivity index (χ2v) is 7.54. The third-order valence-corrected chi connectivity index (χ3v) is 3.79. The lowest BCUT2D eigenvalue weighted by molar-refractivity contribution is 0.797. The van der Waals surface area contributed by atoms with Crippen LogP contribution in [0, 0.1) is 0 Å². The SMILES string of the molecule is CCCNc1cc(CCC)nc(CSC(C)(C)C)n1. The molecular formula is C15H27N3S. The first-order chi connectivity index (χ1) is 8.94. The average Bonchev–Trinajstić information content (AvgIpc) is 2.33. The van der Waals surface area contributed by atoms with Crippen LogP contribution < -0.4 is 5.32 Å². The van der Waals surface area contributed by atoms with Crippen LogP contribution in [0.25, 0.3) is 0 Å². The molecule has 0 aliphatic heterocycles. The van der Waals surface area contributed by atoms with E-state index in [0.29, 0.717) is 0 Å². The monoisotopic (exact) mass is 281 g/mol. The van der Waals surface area contributed by atoms with Crippen LogP contribution in [0.4, 0.5) is 5.82 Å². The van der Waals surface area contributed by atoms with Crippen LogP contribution in [0.1, 0.15) is 59.0 Å². The van der Waals surface area contributed by atoms with E-state index in [9.17, 15) is 0 Å². The van der Waals surface area contributed by atoms with Gasteiger partial charge in [0.05, 0.1) is 5.75 Å². The average molecular weight is 281 g/mol. The number of anilines is 1. The number of hydrogen-bond donors (Lipinski definition) is 1. The Morgan fingerprint density at radius 1 is 1.16 bits per heavy atom. The van der Waals surface area contributed by atoms with Gasteiger partial charge in [-0.25, -0.2) is 9.97 Å². The van der Waals surface area contributed by atoms with Gasteiger partial charge < -0.3 is 5.32 Å². The molecule has 108 valence electrons. The van der Waals surface area contributed by atoms with Crippen LogP contribution in [-0.2, 0) is 12.2 Å². The predicted molar refractivity (Wildman–Crippen MR) is 85.9 cm³/mol. The molecule has 1 N–H and O–H groups in total. The lowest BCUT2D eigenvalue weighted by atomic mass is 10.2. The maximum Gasteiger partial charge on any atom is 0.140 e. The molecule has 0 spiro atoms. The number of nitrogens with one attached hydrogen (secondary N) is 1. The summed E-state index contributed by atoms with van der Waals surface area (Å²) in [6.45, 7) is 12.0. The fraction of sp³-hybridized carbons (Fsp3) is 0.733. The summed E-state index contributed by atoms with van der Waals surface area (Å²) in [5.41, 5.74) is 1.15. The molecule has 1 heterocycles. The molecular weight excluding hydrogens is 254 g/mol. The van der Waals surface area contributed by atoms with Crippen LogP contribution in [0.2, 0.25) is 0 Å². The summed E-state index contributed by atoms with van der Waals surface area (Å²) in [7, 11) is 0. The molecule has 1 aromatic heterocycles. The normalized spacial score (nSPS) is 11.6. The lowest BCUT2D eigenvalue weighted by Crippen LogP contribution is -2.11. The molecule has 0 bridgehead atoms. The molecule has 0 saturated carbocycles. The van der Waals surface area contributed by atoms with Crippen LogP contribution in [0.5, 0.6) is 0 Å². The third-order valence-electron chi connectivity index (χ3n) is 2.52. The van der Waals surface area contributed by atoms with E-state index in [1.807, 2.05) is 11.8 Å². The second-order valence-electron chi connectivity index (χ2n) is 5.74. The molecule has 4 heteroatoms. The molecule has 0 amide bonds. The van der Waals surface area contributed by atoms with Gasteiger partial charge in [0.25, 0.3) is 0 Å². The van der Waals surface area contributed by atoms with Gasteiger partial charge in [-0.1, -0.05) is 41.0 Å². The summed E-state index contributed by atoms with van der Waals surface area (Å²) < 4.78 is 0.251. The highest BCUT2D eigenvalue weighted by atomic mass is 32.2. The molecule has 0 unspecified atom stereocenters. The Kier molecular flexibility index (Phi) is 6.63. The third kappa shape index (κ3) is 6.81. The molecule has 1 rings (SSSR count). The van der Waals surface area contributed by atoms with Gasteiger partial charge in [0.2, 0.25) is 0 Å². The standard InChI is InChI=1S/C15H27N3S/c1-6-8-12-10-13(16-9-7-2)18-14(17-12)11-19-15(3,4)5/h10H,6-9,11H2,1-5H3,(H,16,17,18). The number of aromatic nitrogens is 2. The van der Waals surface area contributed by atoms with Crippen molar-refractivity contribution in [1.29, 1.82) is 0 Å². The Hall–Kier alpha value is -0.770. The van der Waals surface area contributed by atoms with Gasteiger partial charge in [-0.2, -0.15) is 0 Å². The van der Waals surface area contributed by atoms with Crippen molar-refractivity contribution < 1.29 is 0 Å². The molecule has 3 nitrogen and oxygen atoms in total. The molecule has 19 heavy (non-hydrogen) atoms. The summed E-state index contributed by atoms with van der Waals surface area (Å²) in [4.78, 5) is 9.28. The fourth-order valence-corrected chi connectivity index (χ4v) is 2.32. The summed E-state index contributed by atoms with van der Waals surface area (Å²) in [5.74, 6) is 2.80. The van der Waals surface area contributed by atoms with Crippen molar-refractivity contribution in [3.05, 3.63) is 17.6 Å². The molecule has 1 aromatic rings. The minimum atomic E-state index is 0.251. The van der Waals surface area contributed by atoms with Crippen LogP contribution in [0.3, 0.4) is 0 Å². The summed E-state index contributed by atoms with van der Waals surface area (Å²) >= 11 is 1.89. The quantitative estimate of drug-likeness (QED) is 0.809. The topological polar surface area (TPSA) is 37.8 Å². The molecule has 0 radical (unpaired) electrons. The van der Waals surface area contributed by atoms with Crippen molar-refractivity contribution in [2.75, 3.05) is 11.9 Å². The zero-order valence-electron chi connectivity index (χ0n) is 12.9. The van der Waals surface area contributed by atoms with Gasteiger partial charge >= 0.3 is 0 Å². The zero-order valence-corrected chi connectivity index (χ0v) is 13.7. The molecule has 0 aromatic carbocycles. The van der Waals surface area contributed by atoms with Gasteiger partial charge in [0, 0.05) is 23.1 Å². The number of hydrogen-bond acceptors (Lipinski definition) is 4. The van der Waals surface area contributed by atoms with Crippen LogP contribution in [0.15, 0.2) is 6.07 Å². The Labute approximate surface area is 122 Å². The Morgan fingerprint density at radius 3 is 2.47 bits per heavy atom. The highest BCUT2D eigenvalue weighted by Crippen LogP contribution is 2.26. The van der Waals surface area contributed by atoms with Crippen LogP contribution >= 0.6 is 11.8 Å². The molecule has 0 aliphatic carbocycles. The van der Waals surface area contributed by atoms with E-state index in [0.717, 1.165) is 48.9 Å². The smallest absolute Gasteiger partial charge is 0.140 e. The number of aryl methyl sites for hydroxylation is 1. The Bertz CT molecular complexity index is 385. The predicted octanol–water partition coefficient (Wildman–Crippen LogP) is 4.28. The maximum atomic E-state index is 4.66. The molecule has 0 fully saturated rings. The minimum Gasteiger partial charge on any atom is -0.370 e. The van der Waals surface area contributed by atoms with Gasteiger partial charge in [0.1, 0.15) is 11.6 Å². The first-order valence-corrected chi connectivity index (χ1v) is 8.18. The Morgan fingerprint density at radius 2 is 1.89 bits per heavy atom. The second kappa shape index (κ2) is 7.73. The van der Waals surface area contributed by atoms with Crippen molar-refractivity contribution in [2.45, 2.75) is 64.4 Å². The van der Waals surface area contributed by atoms with Crippen molar-refractivity contribution in [2.24, 2.45) is 0 Å². The van der Waals surface area contributed by atoms with Gasteiger partial charge in [-0.15, -0.1) is 11.8 Å². The zero-order chi connectivity index (χ0) is 14.3. The van der Waals surface area contributed by atoms with Gasteiger partial charge in [-0.05, 0) is 12.8 Å². The van der Waals surface area contributed by atoms with E-state index in [2.05, 4.69) is 56.0 Å². The summed E-state index contributed by atoms with van der Waals surface area (Å²) in [5, 5.41) is 3.37. The van der Waals surface area contributed by atoms with Crippen molar-refractivity contribution in [3.8, 4) is 0 Å². The molecule has 0 aliphatic rings. The van der Waals surface area contributed by atoms with E-state index >= 15 is 0 Å². The van der Waals surface area contributed by atoms with E-state index in [4.69, 9.17) is 0 Å². The number of nitrogens with zero attached hydrogens (tertiary/aromatic N) is 2. The van der Waals surface area contributed by atoms with Gasteiger partial charge in [0.15, 0.2) is 0 Å². The highest BCUT2D eigenvalue weighted by Gasteiger charge is 2.12. The van der Waals surface area contributed by atoms with E-state index in [1.165, 1.54) is 0 Å². The number of thioether (sulfide) groups is 1. The molecule has 0 atom stereocenters. The molecule has 0 saturated heterocycles. The Balaban J connectivity index is 2.79. The summed E-state index contributed by atoms with van der Waals surface area (Å²) in [6.07, 6.45) is 3.26. The number of rotatable bonds is 7. The fourth-order valence-electron chi connectivity index (χ4n) is 1.63. The highest BCUT2D eigenvalue weighted by molar-refractivity contribution is 7.99. The van der Waals surface area contributed by atoms with E-state index in [1.54, 1.807) is 0 Å². The maximum absolute atomic E-state index is 4.66. The van der Waals surface area contributed by atoms with Gasteiger partial charge in [-0.3, -0.25) is 0 Å². The van der Waals surface area contributed by atoms with Crippen molar-refractivity contribution >= 4 is 17.6 Å². The van der Waals surface area contributed by atoms with E-state index in [-0.39, 0.29) is 4.75 Å². The minimum absolute atomic E-state index is 0.251. The summed E-state index contributed by atoms with van der Waals surface area (Å²) in [6, 6.07) is 2.09.